The number of sulfonamides is 1. The number of ether oxygens (including phenoxy) is 4. The molecule has 0 aliphatic carbocycles. The highest BCUT2D eigenvalue weighted by molar-refractivity contribution is 7.89. The molecule has 0 amide bonds. The van der Waals surface area contributed by atoms with E-state index in [1.807, 2.05) is 18.2 Å². The Balaban J connectivity index is 1.72. The maximum Gasteiger partial charge on any atom is 0.242 e. The summed E-state index contributed by atoms with van der Waals surface area (Å²) in [5, 5.41) is 0. The number of hydrogen-bond donors (Lipinski definition) is 0. The van der Waals surface area contributed by atoms with Crippen LogP contribution in [0, 0.1) is 0 Å². The Kier molecular flexibility index (Phi) is 5.76. The second-order valence-corrected chi connectivity index (χ2v) is 8.12. The average Bonchev–Trinajstić information content (AvgIpc) is 2.71. The zero-order valence-electron chi connectivity index (χ0n) is 15.6. The molecule has 0 spiro atoms. The summed E-state index contributed by atoms with van der Waals surface area (Å²) in [6, 6.07) is 10.2. The van der Waals surface area contributed by atoms with Crippen LogP contribution < -0.4 is 18.9 Å². The fourth-order valence-electron chi connectivity index (χ4n) is 2.81. The van der Waals surface area contributed by atoms with Crippen LogP contribution >= 0.6 is 0 Å². The molecule has 8 heteroatoms. The standard InChI is InChI=1S/C19H23NO6S/c1-20(9-8-14-4-6-16(23-2)18(12-14)24-3)27(21,22)15-5-7-17-19(13-15)26-11-10-25-17/h4-7,12-13H,8-11H2,1-3H3. The summed E-state index contributed by atoms with van der Waals surface area (Å²) in [5.41, 5.74) is 0.955. The van der Waals surface area contributed by atoms with Crippen molar-refractivity contribution in [2.45, 2.75) is 11.3 Å². The average molecular weight is 393 g/mol. The van der Waals surface area contributed by atoms with Crippen LogP contribution in [-0.2, 0) is 16.4 Å². The number of rotatable bonds is 7. The summed E-state index contributed by atoms with van der Waals surface area (Å²) in [4.78, 5) is 0.182. The van der Waals surface area contributed by atoms with Gasteiger partial charge in [0, 0.05) is 19.7 Å². The van der Waals surface area contributed by atoms with Gasteiger partial charge in [-0.1, -0.05) is 6.07 Å². The van der Waals surface area contributed by atoms with Crippen LogP contribution in [0.4, 0.5) is 0 Å². The molecule has 146 valence electrons. The van der Waals surface area contributed by atoms with E-state index in [1.54, 1.807) is 27.3 Å². The van der Waals surface area contributed by atoms with Gasteiger partial charge in [0.05, 0.1) is 19.1 Å². The van der Waals surface area contributed by atoms with Crippen LogP contribution in [0.5, 0.6) is 23.0 Å². The fraction of sp³-hybridized carbons (Fsp3) is 0.368. The van der Waals surface area contributed by atoms with Gasteiger partial charge >= 0.3 is 0 Å². The van der Waals surface area contributed by atoms with Crippen molar-refractivity contribution in [2.75, 3.05) is 41.0 Å². The highest BCUT2D eigenvalue weighted by atomic mass is 32.2. The van der Waals surface area contributed by atoms with E-state index in [0.29, 0.717) is 49.2 Å². The van der Waals surface area contributed by atoms with E-state index in [9.17, 15) is 8.42 Å². The SMILES string of the molecule is COc1ccc(CCN(C)S(=O)(=O)c2ccc3c(c2)OCCO3)cc1OC. The Bertz CT molecular complexity index is 912. The maximum atomic E-state index is 12.8. The Morgan fingerprint density at radius 1 is 0.963 bits per heavy atom. The predicted octanol–water partition coefficient (Wildman–Crippen LogP) is 2.34. The molecule has 7 nitrogen and oxygen atoms in total. The summed E-state index contributed by atoms with van der Waals surface area (Å²) >= 11 is 0. The number of fused-ring (bicyclic) bond motifs is 1. The lowest BCUT2D eigenvalue weighted by molar-refractivity contribution is 0.171. The van der Waals surface area contributed by atoms with Crippen molar-refractivity contribution in [3.8, 4) is 23.0 Å². The van der Waals surface area contributed by atoms with Crippen LogP contribution in [0.15, 0.2) is 41.3 Å². The molecule has 1 aliphatic heterocycles. The minimum atomic E-state index is -3.63. The molecular formula is C19H23NO6S. The normalized spacial score (nSPS) is 13.5. The van der Waals surface area contributed by atoms with Gasteiger partial charge in [0.1, 0.15) is 13.2 Å². The van der Waals surface area contributed by atoms with E-state index in [2.05, 4.69) is 0 Å². The molecule has 2 aromatic carbocycles. The van der Waals surface area contributed by atoms with Crippen molar-refractivity contribution in [2.24, 2.45) is 0 Å². The summed E-state index contributed by atoms with van der Waals surface area (Å²) in [6.07, 6.45) is 0.542. The second kappa shape index (κ2) is 8.06. The molecule has 0 saturated carbocycles. The van der Waals surface area contributed by atoms with Crippen molar-refractivity contribution in [1.82, 2.24) is 4.31 Å². The van der Waals surface area contributed by atoms with E-state index in [-0.39, 0.29) is 4.90 Å². The molecule has 27 heavy (non-hydrogen) atoms. The van der Waals surface area contributed by atoms with E-state index in [4.69, 9.17) is 18.9 Å². The van der Waals surface area contributed by atoms with E-state index in [1.165, 1.54) is 16.4 Å². The van der Waals surface area contributed by atoms with Crippen molar-refractivity contribution in [3.63, 3.8) is 0 Å². The molecule has 3 rings (SSSR count). The summed E-state index contributed by atoms with van der Waals surface area (Å²) < 4.78 is 48.5. The minimum Gasteiger partial charge on any atom is -0.493 e. The molecule has 0 N–H and O–H groups in total. The van der Waals surface area contributed by atoms with Gasteiger partial charge in [0.25, 0.3) is 0 Å². The third kappa shape index (κ3) is 4.12. The quantitative estimate of drug-likeness (QED) is 0.719. The first-order valence-electron chi connectivity index (χ1n) is 8.52. The van der Waals surface area contributed by atoms with Gasteiger partial charge in [-0.25, -0.2) is 12.7 Å². The third-order valence-electron chi connectivity index (χ3n) is 4.39. The van der Waals surface area contributed by atoms with E-state index in [0.717, 1.165) is 5.56 Å². The molecule has 0 saturated heterocycles. The van der Waals surface area contributed by atoms with Crippen LogP contribution in [0.2, 0.25) is 0 Å². The van der Waals surface area contributed by atoms with Gasteiger partial charge in [0.15, 0.2) is 23.0 Å². The van der Waals surface area contributed by atoms with Crippen molar-refractivity contribution < 1.29 is 27.4 Å². The molecule has 0 unspecified atom stereocenters. The van der Waals surface area contributed by atoms with Crippen LogP contribution in [-0.4, -0.2) is 53.7 Å². The topological polar surface area (TPSA) is 74.3 Å². The van der Waals surface area contributed by atoms with Gasteiger partial charge in [-0.3, -0.25) is 0 Å². The smallest absolute Gasteiger partial charge is 0.242 e. The number of benzene rings is 2. The Labute approximate surface area is 159 Å². The zero-order chi connectivity index (χ0) is 19.4. The predicted molar refractivity (Wildman–Crippen MR) is 100 cm³/mol. The number of nitrogens with zero attached hydrogens (tertiary/aromatic N) is 1. The van der Waals surface area contributed by atoms with Gasteiger partial charge in [-0.15, -0.1) is 0 Å². The highest BCUT2D eigenvalue weighted by Gasteiger charge is 2.23. The molecular weight excluding hydrogens is 370 g/mol. The van der Waals surface area contributed by atoms with Gasteiger partial charge in [0.2, 0.25) is 10.0 Å². The van der Waals surface area contributed by atoms with Crippen LogP contribution in [0.25, 0.3) is 0 Å². The molecule has 1 heterocycles. The van der Waals surface area contributed by atoms with Crippen molar-refractivity contribution in [3.05, 3.63) is 42.0 Å². The lowest BCUT2D eigenvalue weighted by atomic mass is 10.1. The highest BCUT2D eigenvalue weighted by Crippen LogP contribution is 2.33. The zero-order valence-corrected chi connectivity index (χ0v) is 16.4. The molecule has 0 radical (unpaired) electrons. The Morgan fingerprint density at radius 2 is 1.67 bits per heavy atom. The lowest BCUT2D eigenvalue weighted by Crippen LogP contribution is -2.29. The molecule has 0 fully saturated rings. The first kappa shape index (κ1) is 19.3. The molecule has 1 aliphatic rings. The minimum absolute atomic E-state index is 0.182. The third-order valence-corrected chi connectivity index (χ3v) is 6.24. The van der Waals surface area contributed by atoms with E-state index < -0.39 is 10.0 Å². The van der Waals surface area contributed by atoms with Crippen molar-refractivity contribution >= 4 is 10.0 Å². The Morgan fingerprint density at radius 3 is 2.37 bits per heavy atom. The van der Waals surface area contributed by atoms with Gasteiger partial charge < -0.3 is 18.9 Å². The molecule has 0 bridgehead atoms. The van der Waals surface area contributed by atoms with Crippen LogP contribution in [0.1, 0.15) is 5.56 Å². The first-order valence-corrected chi connectivity index (χ1v) is 9.96. The van der Waals surface area contributed by atoms with Gasteiger partial charge in [-0.2, -0.15) is 0 Å². The first-order chi connectivity index (χ1) is 13.0. The summed E-state index contributed by atoms with van der Waals surface area (Å²) in [6.45, 7) is 1.20. The summed E-state index contributed by atoms with van der Waals surface area (Å²) in [5.74, 6) is 2.27. The van der Waals surface area contributed by atoms with E-state index >= 15 is 0 Å². The monoisotopic (exact) mass is 393 g/mol. The summed E-state index contributed by atoms with van der Waals surface area (Å²) in [7, 11) is 1.08. The molecule has 2 aromatic rings. The number of hydrogen-bond acceptors (Lipinski definition) is 6. The number of methoxy groups -OCH3 is 2. The molecule has 0 aromatic heterocycles. The van der Waals surface area contributed by atoms with Gasteiger partial charge in [-0.05, 0) is 36.2 Å². The molecule has 0 atom stereocenters. The number of likely N-dealkylation sites (N-methyl/N-ethyl adjacent to an activating group) is 1. The van der Waals surface area contributed by atoms with Crippen LogP contribution in [0.3, 0.4) is 0 Å². The second-order valence-electron chi connectivity index (χ2n) is 6.07. The van der Waals surface area contributed by atoms with Crippen molar-refractivity contribution in [1.29, 1.82) is 0 Å². The Hall–Kier alpha value is -2.45. The lowest BCUT2D eigenvalue weighted by Gasteiger charge is -2.21. The maximum absolute atomic E-state index is 12.8. The largest absolute Gasteiger partial charge is 0.493 e. The fourth-order valence-corrected chi connectivity index (χ4v) is 3.99.